The Morgan fingerprint density at radius 2 is 1.53 bits per heavy atom. The highest BCUT2D eigenvalue weighted by atomic mass is 28.3. The molecule has 1 unspecified atom stereocenters. The van der Waals surface area contributed by atoms with Crippen LogP contribution in [0.1, 0.15) is 27.6 Å². The summed E-state index contributed by atoms with van der Waals surface area (Å²) in [6.07, 6.45) is 0. The second kappa shape index (κ2) is 7.15. The molecule has 1 heterocycles. The van der Waals surface area contributed by atoms with E-state index in [-0.39, 0.29) is 0 Å². The Bertz CT molecular complexity index is 422. The van der Waals surface area contributed by atoms with Gasteiger partial charge in [-0.15, -0.1) is 0 Å². The van der Waals surface area contributed by atoms with E-state index in [1.54, 1.807) is 31.2 Å². The normalized spacial score (nSPS) is 14.6. The second-order valence-electron chi connectivity index (χ2n) is 3.63. The topological polar surface area (TPSA) is 82.1 Å². The molecule has 1 N–H and O–H groups in total. The molecule has 1 radical (unpaired) electrons. The van der Waals surface area contributed by atoms with Gasteiger partial charge in [-0.2, -0.15) is 0 Å². The number of carbonyl (C=O) groups excluding carboxylic acids is 2. The molecular formula is C12H15O6Si. The molecule has 103 valence electrons. The Hall–Kier alpha value is -1.54. The van der Waals surface area contributed by atoms with Crippen LogP contribution in [0.5, 0.6) is 0 Å². The lowest BCUT2D eigenvalue weighted by molar-refractivity contribution is 0.0444. The van der Waals surface area contributed by atoms with E-state index in [1.165, 1.54) is 14.2 Å². The van der Waals surface area contributed by atoms with E-state index in [0.29, 0.717) is 11.1 Å². The van der Waals surface area contributed by atoms with E-state index in [2.05, 4.69) is 4.74 Å². The van der Waals surface area contributed by atoms with Crippen molar-refractivity contribution in [2.45, 2.75) is 12.7 Å². The van der Waals surface area contributed by atoms with Crippen molar-refractivity contribution < 1.29 is 28.3 Å². The van der Waals surface area contributed by atoms with Gasteiger partial charge >= 0.3 is 21.2 Å². The predicted molar refractivity (Wildman–Crippen MR) is 67.6 cm³/mol. The SMILES string of the molecule is CO[Si](OC)C(C)O.O=C1OC(=O)c2ccccc21. The van der Waals surface area contributed by atoms with Gasteiger partial charge < -0.3 is 18.7 Å². The van der Waals surface area contributed by atoms with Gasteiger partial charge in [0.1, 0.15) is 0 Å². The number of aliphatic hydroxyl groups excluding tert-OH is 1. The third-order valence-corrected chi connectivity index (χ3v) is 3.78. The van der Waals surface area contributed by atoms with Crippen molar-refractivity contribution in [2.24, 2.45) is 0 Å². The standard InChI is InChI=1S/C8H4O3.C4H11O3Si/c9-7-5-3-1-2-4-6(5)8(10)11-7;1-4(5)8(6-2)7-3/h1-4H;4-5H,1-3H3. The van der Waals surface area contributed by atoms with Crippen molar-refractivity contribution in [3.63, 3.8) is 0 Å². The van der Waals surface area contributed by atoms with Gasteiger partial charge in [-0.3, -0.25) is 0 Å². The highest BCUT2D eigenvalue weighted by Crippen LogP contribution is 2.18. The monoisotopic (exact) mass is 283 g/mol. The largest absolute Gasteiger partial charge is 0.415 e. The first-order valence-electron chi connectivity index (χ1n) is 5.49. The summed E-state index contributed by atoms with van der Waals surface area (Å²) < 4.78 is 13.9. The third-order valence-electron chi connectivity index (χ3n) is 2.30. The number of aliphatic hydroxyl groups is 1. The van der Waals surface area contributed by atoms with Crippen molar-refractivity contribution >= 4 is 21.2 Å². The Labute approximate surface area is 112 Å². The van der Waals surface area contributed by atoms with Crippen LogP contribution in [0.4, 0.5) is 0 Å². The lowest BCUT2D eigenvalue weighted by Gasteiger charge is -2.10. The number of ether oxygens (including phenoxy) is 1. The fourth-order valence-electron chi connectivity index (χ4n) is 1.46. The molecule has 0 aliphatic carbocycles. The lowest BCUT2D eigenvalue weighted by Crippen LogP contribution is -2.32. The predicted octanol–water partition coefficient (Wildman–Crippen LogP) is 0.685. The van der Waals surface area contributed by atoms with Crippen molar-refractivity contribution in [1.82, 2.24) is 0 Å². The maximum atomic E-state index is 10.8. The lowest BCUT2D eigenvalue weighted by atomic mass is 10.1. The van der Waals surface area contributed by atoms with E-state index in [1.807, 2.05) is 0 Å². The van der Waals surface area contributed by atoms with Crippen molar-refractivity contribution in [2.75, 3.05) is 14.2 Å². The molecule has 0 saturated carbocycles. The summed E-state index contributed by atoms with van der Waals surface area (Å²) in [6.45, 7) is 1.65. The zero-order valence-electron chi connectivity index (χ0n) is 10.9. The van der Waals surface area contributed by atoms with Crippen LogP contribution < -0.4 is 0 Å². The molecule has 0 bridgehead atoms. The number of cyclic esters (lactones) is 2. The van der Waals surface area contributed by atoms with Gasteiger partial charge in [0.05, 0.1) is 16.9 Å². The van der Waals surface area contributed by atoms with E-state index >= 15 is 0 Å². The molecule has 1 aromatic rings. The molecular weight excluding hydrogens is 268 g/mol. The Kier molecular flexibility index (Phi) is 5.83. The molecule has 0 saturated heterocycles. The summed E-state index contributed by atoms with van der Waals surface area (Å²) in [6, 6.07) is 6.53. The number of esters is 2. The van der Waals surface area contributed by atoms with E-state index in [4.69, 9.17) is 14.0 Å². The molecule has 0 aromatic heterocycles. The number of benzene rings is 1. The third kappa shape index (κ3) is 3.96. The average Bonchev–Trinajstić information content (AvgIpc) is 2.68. The molecule has 1 aliphatic heterocycles. The molecule has 7 heteroatoms. The number of carbonyl (C=O) groups is 2. The molecule has 19 heavy (non-hydrogen) atoms. The Balaban J connectivity index is 0.000000203. The molecule has 1 aromatic carbocycles. The minimum absolute atomic E-state index is 0.359. The smallest absolute Gasteiger partial charge is 0.395 e. The fourth-order valence-corrected chi connectivity index (χ4v) is 2.31. The van der Waals surface area contributed by atoms with Crippen LogP contribution in [-0.4, -0.2) is 46.3 Å². The number of hydrogen-bond acceptors (Lipinski definition) is 6. The van der Waals surface area contributed by atoms with Crippen LogP contribution >= 0.6 is 0 Å². The van der Waals surface area contributed by atoms with Crippen LogP contribution in [0.15, 0.2) is 24.3 Å². The first kappa shape index (κ1) is 15.5. The summed E-state index contributed by atoms with van der Waals surface area (Å²) in [4.78, 5) is 21.7. The van der Waals surface area contributed by atoms with Crippen molar-refractivity contribution in [3.05, 3.63) is 35.4 Å². The second-order valence-corrected chi connectivity index (χ2v) is 5.92. The molecule has 1 atom stereocenters. The zero-order chi connectivity index (χ0) is 14.4. The van der Waals surface area contributed by atoms with Gasteiger partial charge in [-0.25, -0.2) is 9.59 Å². The average molecular weight is 283 g/mol. The number of rotatable bonds is 3. The van der Waals surface area contributed by atoms with Gasteiger partial charge in [-0.1, -0.05) is 12.1 Å². The maximum absolute atomic E-state index is 10.8. The van der Waals surface area contributed by atoms with Gasteiger partial charge in [0.25, 0.3) is 0 Å². The highest BCUT2D eigenvalue weighted by molar-refractivity contribution is 6.45. The van der Waals surface area contributed by atoms with Crippen molar-refractivity contribution in [1.29, 1.82) is 0 Å². The molecule has 0 fully saturated rings. The van der Waals surface area contributed by atoms with Crippen LogP contribution in [0.2, 0.25) is 0 Å². The Morgan fingerprint density at radius 1 is 1.11 bits per heavy atom. The highest BCUT2D eigenvalue weighted by Gasteiger charge is 2.28. The van der Waals surface area contributed by atoms with Crippen LogP contribution in [0.3, 0.4) is 0 Å². The van der Waals surface area contributed by atoms with Gasteiger partial charge in [0.2, 0.25) is 0 Å². The summed E-state index contributed by atoms with van der Waals surface area (Å²) in [5.41, 5.74) is 0.255. The van der Waals surface area contributed by atoms with Gasteiger partial charge in [0.15, 0.2) is 0 Å². The van der Waals surface area contributed by atoms with Crippen molar-refractivity contribution in [3.8, 4) is 0 Å². The zero-order valence-corrected chi connectivity index (χ0v) is 11.9. The molecule has 0 spiro atoms. The van der Waals surface area contributed by atoms with Crippen LogP contribution in [0.25, 0.3) is 0 Å². The maximum Gasteiger partial charge on any atom is 0.415 e. The van der Waals surface area contributed by atoms with Gasteiger partial charge in [-0.05, 0) is 19.1 Å². The molecule has 0 amide bonds. The summed E-state index contributed by atoms with van der Waals surface area (Å²) >= 11 is 0. The van der Waals surface area contributed by atoms with Gasteiger partial charge in [0, 0.05) is 14.2 Å². The van der Waals surface area contributed by atoms with Crippen LogP contribution in [0, 0.1) is 0 Å². The summed E-state index contributed by atoms with van der Waals surface area (Å²) in [7, 11) is 1.68. The summed E-state index contributed by atoms with van der Waals surface area (Å²) in [5, 5.41) is 8.81. The fraction of sp³-hybridized carbons (Fsp3) is 0.333. The number of fused-ring (bicyclic) bond motifs is 1. The van der Waals surface area contributed by atoms with Crippen LogP contribution in [-0.2, 0) is 13.6 Å². The Morgan fingerprint density at radius 3 is 1.79 bits per heavy atom. The first-order valence-corrected chi connectivity index (χ1v) is 6.89. The summed E-state index contributed by atoms with van der Waals surface area (Å²) in [5.74, 6) is -1.10. The minimum Gasteiger partial charge on any atom is -0.395 e. The number of hydrogen-bond donors (Lipinski definition) is 1. The molecule has 2 rings (SSSR count). The first-order chi connectivity index (χ1) is 9.01. The quantitative estimate of drug-likeness (QED) is 0.499. The molecule has 6 nitrogen and oxygen atoms in total. The minimum atomic E-state index is -1.38. The van der Waals surface area contributed by atoms with E-state index < -0.39 is 26.9 Å². The van der Waals surface area contributed by atoms with E-state index in [0.717, 1.165) is 0 Å². The molecule has 1 aliphatic rings. The van der Waals surface area contributed by atoms with E-state index in [9.17, 15) is 9.59 Å².